The molecule has 0 unspecified atom stereocenters. The Bertz CT molecular complexity index is 420. The summed E-state index contributed by atoms with van der Waals surface area (Å²) < 4.78 is 10.4. The number of carbonyl (C=O) groups is 2. The first kappa shape index (κ1) is 18.2. The van der Waals surface area contributed by atoms with Gasteiger partial charge in [-0.3, -0.25) is 9.59 Å². The largest absolute Gasteiger partial charge is 0.465 e. The molecule has 0 N–H and O–H groups in total. The molecule has 0 bridgehead atoms. The van der Waals surface area contributed by atoms with Crippen molar-refractivity contribution in [2.75, 3.05) is 13.2 Å². The van der Waals surface area contributed by atoms with Crippen molar-refractivity contribution in [1.29, 1.82) is 0 Å². The van der Waals surface area contributed by atoms with E-state index in [9.17, 15) is 9.59 Å². The highest BCUT2D eigenvalue weighted by Crippen LogP contribution is 2.13. The molecule has 1 aromatic rings. The van der Waals surface area contributed by atoms with Crippen LogP contribution >= 0.6 is 0 Å². The summed E-state index contributed by atoms with van der Waals surface area (Å²) in [6, 6.07) is 9.46. The minimum absolute atomic E-state index is 0.316. The molecule has 0 atom stereocenters. The van der Waals surface area contributed by atoms with Crippen LogP contribution in [0.15, 0.2) is 30.3 Å². The Balaban J connectivity index is 2.66. The second kappa shape index (κ2) is 10.8. The maximum Gasteiger partial charge on any atom is 0.320 e. The number of unbranched alkanes of at least 4 members (excludes halogenated alkanes) is 2. The van der Waals surface area contributed by atoms with Crippen molar-refractivity contribution in [2.24, 2.45) is 5.92 Å². The lowest BCUT2D eigenvalue weighted by molar-refractivity contribution is -0.162. The van der Waals surface area contributed by atoms with E-state index in [0.717, 1.165) is 31.2 Å². The summed E-state index contributed by atoms with van der Waals surface area (Å²) in [6.07, 6.45) is 3.80. The minimum Gasteiger partial charge on any atom is -0.465 e. The van der Waals surface area contributed by atoms with Gasteiger partial charge in [0.2, 0.25) is 0 Å². The maximum absolute atomic E-state index is 12.2. The van der Waals surface area contributed by atoms with E-state index in [-0.39, 0.29) is 0 Å². The quantitative estimate of drug-likeness (QED) is 0.377. The number of esters is 2. The van der Waals surface area contributed by atoms with Crippen LogP contribution in [0.5, 0.6) is 0 Å². The number of hydrogen-bond acceptors (Lipinski definition) is 4. The van der Waals surface area contributed by atoms with E-state index in [1.165, 1.54) is 0 Å². The van der Waals surface area contributed by atoms with E-state index in [2.05, 4.69) is 0 Å². The highest BCUT2D eigenvalue weighted by atomic mass is 16.6. The van der Waals surface area contributed by atoms with Crippen LogP contribution in [0.3, 0.4) is 0 Å². The smallest absolute Gasteiger partial charge is 0.320 e. The monoisotopic (exact) mass is 306 g/mol. The van der Waals surface area contributed by atoms with Gasteiger partial charge in [0.25, 0.3) is 0 Å². The molecule has 1 aromatic carbocycles. The van der Waals surface area contributed by atoms with Crippen molar-refractivity contribution in [3.05, 3.63) is 35.9 Å². The molecule has 0 aliphatic heterocycles. The molecular weight excluding hydrogens is 280 g/mol. The van der Waals surface area contributed by atoms with Gasteiger partial charge in [0, 0.05) is 0 Å². The molecule has 0 heterocycles. The summed E-state index contributed by atoms with van der Waals surface area (Å²) in [7, 11) is 0. The average Bonchev–Trinajstić information content (AvgIpc) is 2.54. The van der Waals surface area contributed by atoms with Crippen LogP contribution in [0.25, 0.3) is 0 Å². The van der Waals surface area contributed by atoms with E-state index < -0.39 is 17.9 Å². The first-order valence-corrected chi connectivity index (χ1v) is 8.06. The van der Waals surface area contributed by atoms with Gasteiger partial charge in [-0.05, 0) is 24.8 Å². The molecule has 0 fully saturated rings. The molecule has 0 amide bonds. The average molecular weight is 306 g/mol. The maximum atomic E-state index is 12.2. The van der Waals surface area contributed by atoms with Crippen LogP contribution in [-0.2, 0) is 25.5 Å². The Morgan fingerprint density at radius 3 is 1.86 bits per heavy atom. The number of ether oxygens (including phenoxy) is 2. The van der Waals surface area contributed by atoms with Crippen molar-refractivity contribution in [3.8, 4) is 0 Å². The molecule has 22 heavy (non-hydrogen) atoms. The normalized spacial score (nSPS) is 10.5. The molecule has 0 aliphatic rings. The second-order valence-electron chi connectivity index (χ2n) is 5.28. The van der Waals surface area contributed by atoms with E-state index in [4.69, 9.17) is 9.47 Å². The summed E-state index contributed by atoms with van der Waals surface area (Å²) in [5.41, 5.74) is 0.924. The zero-order valence-electron chi connectivity index (χ0n) is 13.5. The fraction of sp³-hybridized carbons (Fsp3) is 0.556. The van der Waals surface area contributed by atoms with Gasteiger partial charge < -0.3 is 9.47 Å². The van der Waals surface area contributed by atoms with Gasteiger partial charge in [-0.25, -0.2) is 0 Å². The summed E-state index contributed by atoms with van der Waals surface area (Å²) in [6.45, 7) is 4.74. The topological polar surface area (TPSA) is 52.6 Å². The Labute approximate surface area is 132 Å². The molecule has 0 saturated heterocycles. The molecule has 4 nitrogen and oxygen atoms in total. The van der Waals surface area contributed by atoms with Gasteiger partial charge in [-0.1, -0.05) is 57.0 Å². The van der Waals surface area contributed by atoms with E-state index in [1.807, 2.05) is 44.2 Å². The van der Waals surface area contributed by atoms with E-state index >= 15 is 0 Å². The summed E-state index contributed by atoms with van der Waals surface area (Å²) in [5, 5.41) is 0. The Morgan fingerprint density at radius 1 is 0.909 bits per heavy atom. The predicted molar refractivity (Wildman–Crippen MR) is 85.4 cm³/mol. The van der Waals surface area contributed by atoms with Crippen LogP contribution in [-0.4, -0.2) is 25.2 Å². The fourth-order valence-electron chi connectivity index (χ4n) is 1.95. The molecule has 0 aliphatic carbocycles. The van der Waals surface area contributed by atoms with Gasteiger partial charge in [0.1, 0.15) is 0 Å². The van der Waals surface area contributed by atoms with Crippen LogP contribution in [0.2, 0.25) is 0 Å². The molecule has 0 spiro atoms. The Hall–Kier alpha value is -1.84. The summed E-state index contributed by atoms with van der Waals surface area (Å²) in [5.74, 6) is -1.85. The molecule has 122 valence electrons. The minimum atomic E-state index is -0.879. The third-order valence-electron chi connectivity index (χ3n) is 3.34. The lowest BCUT2D eigenvalue weighted by Crippen LogP contribution is -2.30. The number of rotatable bonds is 10. The Kier molecular flexibility index (Phi) is 8.96. The van der Waals surface area contributed by atoms with Crippen LogP contribution < -0.4 is 0 Å². The lowest BCUT2D eigenvalue weighted by Gasteiger charge is -2.15. The first-order chi connectivity index (χ1) is 10.7. The van der Waals surface area contributed by atoms with Crippen LogP contribution in [0, 0.1) is 5.92 Å². The van der Waals surface area contributed by atoms with Crippen LogP contribution in [0.4, 0.5) is 0 Å². The second-order valence-corrected chi connectivity index (χ2v) is 5.28. The molecule has 0 saturated carbocycles. The van der Waals surface area contributed by atoms with Crippen molar-refractivity contribution >= 4 is 11.9 Å². The van der Waals surface area contributed by atoms with Crippen LogP contribution in [0.1, 0.15) is 45.1 Å². The number of hydrogen-bond donors (Lipinski definition) is 0. The van der Waals surface area contributed by atoms with Gasteiger partial charge in [0.05, 0.1) is 13.2 Å². The van der Waals surface area contributed by atoms with Crippen molar-refractivity contribution in [3.63, 3.8) is 0 Å². The van der Waals surface area contributed by atoms with Gasteiger partial charge in [-0.15, -0.1) is 0 Å². The molecule has 0 aromatic heterocycles. The van der Waals surface area contributed by atoms with Crippen molar-refractivity contribution in [1.82, 2.24) is 0 Å². The van der Waals surface area contributed by atoms with Gasteiger partial charge >= 0.3 is 11.9 Å². The fourth-order valence-corrected chi connectivity index (χ4v) is 1.95. The number of carbonyl (C=O) groups excluding carboxylic acids is 2. The molecular formula is C18H26O4. The first-order valence-electron chi connectivity index (χ1n) is 8.06. The molecule has 4 heteroatoms. The summed E-state index contributed by atoms with van der Waals surface area (Å²) >= 11 is 0. The highest BCUT2D eigenvalue weighted by molar-refractivity contribution is 5.95. The predicted octanol–water partition coefficient (Wildman–Crippen LogP) is 3.53. The summed E-state index contributed by atoms with van der Waals surface area (Å²) in [4.78, 5) is 24.3. The van der Waals surface area contributed by atoms with Crippen molar-refractivity contribution < 1.29 is 19.1 Å². The zero-order valence-corrected chi connectivity index (χ0v) is 13.5. The zero-order chi connectivity index (χ0) is 16.2. The van der Waals surface area contributed by atoms with Gasteiger partial charge in [0.15, 0.2) is 5.92 Å². The van der Waals surface area contributed by atoms with Gasteiger partial charge in [-0.2, -0.15) is 0 Å². The third-order valence-corrected chi connectivity index (χ3v) is 3.34. The molecule has 0 radical (unpaired) electrons. The SMILES string of the molecule is CCCCOC(=O)C(Cc1ccccc1)C(=O)OCCCC. The lowest BCUT2D eigenvalue weighted by atomic mass is 9.99. The van der Waals surface area contributed by atoms with E-state index in [0.29, 0.717) is 19.6 Å². The third kappa shape index (κ3) is 6.74. The number of benzene rings is 1. The van der Waals surface area contributed by atoms with Crippen molar-refractivity contribution in [2.45, 2.75) is 46.0 Å². The Morgan fingerprint density at radius 2 is 1.41 bits per heavy atom. The molecule has 1 rings (SSSR count). The van der Waals surface area contributed by atoms with E-state index in [1.54, 1.807) is 0 Å². The standard InChI is InChI=1S/C18H26O4/c1-3-5-12-21-17(19)16(18(20)22-13-6-4-2)14-15-10-8-7-9-11-15/h7-11,16H,3-6,12-14H2,1-2H3. The highest BCUT2D eigenvalue weighted by Gasteiger charge is 2.29.